The van der Waals surface area contributed by atoms with Gasteiger partial charge in [0.25, 0.3) is 5.91 Å². The third-order valence-corrected chi connectivity index (χ3v) is 6.47. The number of carboxylic acid groups (broad SMARTS) is 1. The topological polar surface area (TPSA) is 93.9 Å². The molecule has 0 bridgehead atoms. The number of hydrogen-bond acceptors (Lipinski definition) is 5. The highest BCUT2D eigenvalue weighted by molar-refractivity contribution is 6.31. The van der Waals surface area contributed by atoms with Crippen LogP contribution in [0.4, 0.5) is 4.39 Å². The van der Waals surface area contributed by atoms with Gasteiger partial charge in [0.05, 0.1) is 17.8 Å². The molecule has 38 heavy (non-hydrogen) atoms. The van der Waals surface area contributed by atoms with Crippen LogP contribution in [0.3, 0.4) is 0 Å². The molecule has 1 aromatic heterocycles. The summed E-state index contributed by atoms with van der Waals surface area (Å²) >= 11 is 6.21. The Hall–Kier alpha value is -4.37. The lowest BCUT2D eigenvalue weighted by atomic mass is 10.0. The zero-order valence-electron chi connectivity index (χ0n) is 20.4. The van der Waals surface area contributed by atoms with Crippen LogP contribution >= 0.6 is 11.6 Å². The van der Waals surface area contributed by atoms with Crippen molar-refractivity contribution in [1.82, 2.24) is 14.7 Å². The number of rotatable bonds is 8. The van der Waals surface area contributed by atoms with Gasteiger partial charge in [0.1, 0.15) is 30.5 Å². The van der Waals surface area contributed by atoms with E-state index in [9.17, 15) is 19.1 Å². The fraction of sp³-hybridized carbons (Fsp3) is 0.179. The van der Waals surface area contributed by atoms with Crippen molar-refractivity contribution in [3.05, 3.63) is 100.0 Å². The molecule has 194 valence electrons. The van der Waals surface area contributed by atoms with E-state index < -0.39 is 17.7 Å². The van der Waals surface area contributed by atoms with Crippen molar-refractivity contribution in [2.45, 2.75) is 13.2 Å². The van der Waals surface area contributed by atoms with E-state index in [1.165, 1.54) is 23.1 Å². The molecule has 1 N–H and O–H groups in total. The third-order valence-electron chi connectivity index (χ3n) is 6.23. The van der Waals surface area contributed by atoms with Crippen LogP contribution < -0.4 is 9.47 Å². The van der Waals surface area contributed by atoms with Crippen molar-refractivity contribution in [1.29, 1.82) is 0 Å². The standard InChI is InChI=1S/C28H23ClFN3O5/c1-32-26-21-14-19(29)9-10-24(21)38-16-22(26)25(31-32)27(34)33(15-18-5-2-3-8-23(18)30)11-12-37-20-7-4-6-17(13-20)28(35)36/h2-10,13-14H,11-12,15-16H2,1H3,(H,35,36). The minimum absolute atomic E-state index is 0.0152. The molecule has 0 aliphatic carbocycles. The Morgan fingerprint density at radius 1 is 1.16 bits per heavy atom. The lowest BCUT2D eigenvalue weighted by Crippen LogP contribution is -2.35. The molecule has 0 radical (unpaired) electrons. The summed E-state index contributed by atoms with van der Waals surface area (Å²) in [6, 6.07) is 17.6. The van der Waals surface area contributed by atoms with Crippen LogP contribution in [0.25, 0.3) is 11.3 Å². The van der Waals surface area contributed by atoms with Gasteiger partial charge >= 0.3 is 5.97 Å². The van der Waals surface area contributed by atoms with Crippen LogP contribution in [0.1, 0.15) is 32.0 Å². The number of amides is 1. The molecule has 8 nitrogen and oxygen atoms in total. The molecule has 0 spiro atoms. The maximum absolute atomic E-state index is 14.5. The zero-order chi connectivity index (χ0) is 26.8. The average Bonchev–Trinajstić information content (AvgIpc) is 3.25. The van der Waals surface area contributed by atoms with Gasteiger partial charge in [-0.15, -0.1) is 0 Å². The maximum atomic E-state index is 14.5. The minimum Gasteiger partial charge on any atom is -0.492 e. The predicted molar refractivity (Wildman–Crippen MR) is 138 cm³/mol. The number of carbonyl (C=O) groups excluding carboxylic acids is 1. The van der Waals surface area contributed by atoms with Gasteiger partial charge in [0.15, 0.2) is 5.69 Å². The number of aromatic carboxylic acids is 1. The molecule has 0 unspecified atom stereocenters. The molecule has 0 saturated carbocycles. The van der Waals surface area contributed by atoms with Crippen LogP contribution in [0.15, 0.2) is 66.7 Å². The predicted octanol–water partition coefficient (Wildman–Crippen LogP) is 5.19. The third kappa shape index (κ3) is 5.05. The molecular weight excluding hydrogens is 513 g/mol. The van der Waals surface area contributed by atoms with Gasteiger partial charge in [0.2, 0.25) is 0 Å². The molecule has 5 rings (SSSR count). The number of aryl methyl sites for hydroxylation is 1. The van der Waals surface area contributed by atoms with Gasteiger partial charge in [-0.3, -0.25) is 9.48 Å². The Morgan fingerprint density at radius 2 is 1.97 bits per heavy atom. The van der Waals surface area contributed by atoms with Crippen LogP contribution in [0.5, 0.6) is 11.5 Å². The summed E-state index contributed by atoms with van der Waals surface area (Å²) in [5.41, 5.74) is 2.69. The lowest BCUT2D eigenvalue weighted by molar-refractivity contribution is 0.0695. The Kier molecular flexibility index (Phi) is 7.02. The molecule has 1 aliphatic heterocycles. The molecule has 1 amide bonds. The molecule has 0 fully saturated rings. The first-order chi connectivity index (χ1) is 18.3. The van der Waals surface area contributed by atoms with E-state index in [-0.39, 0.29) is 37.6 Å². The highest BCUT2D eigenvalue weighted by atomic mass is 35.5. The normalized spacial score (nSPS) is 11.8. The smallest absolute Gasteiger partial charge is 0.335 e. The Labute approximate surface area is 222 Å². The quantitative estimate of drug-likeness (QED) is 0.334. The summed E-state index contributed by atoms with van der Waals surface area (Å²) in [4.78, 5) is 26.5. The van der Waals surface area contributed by atoms with Crippen LogP contribution in [-0.4, -0.2) is 44.8 Å². The average molecular weight is 536 g/mol. The second kappa shape index (κ2) is 10.5. The van der Waals surface area contributed by atoms with Gasteiger partial charge in [-0.05, 0) is 42.5 Å². The lowest BCUT2D eigenvalue weighted by Gasteiger charge is -2.24. The number of benzene rings is 3. The van der Waals surface area contributed by atoms with Gasteiger partial charge in [0, 0.05) is 35.3 Å². The van der Waals surface area contributed by atoms with Crippen molar-refractivity contribution in [3.63, 3.8) is 0 Å². The highest BCUT2D eigenvalue weighted by Gasteiger charge is 2.31. The number of halogens is 2. The first-order valence-electron chi connectivity index (χ1n) is 11.8. The summed E-state index contributed by atoms with van der Waals surface area (Å²) in [5, 5.41) is 14.2. The fourth-order valence-corrected chi connectivity index (χ4v) is 4.58. The second-order valence-corrected chi connectivity index (χ2v) is 9.16. The largest absolute Gasteiger partial charge is 0.492 e. The van der Waals surface area contributed by atoms with Crippen molar-refractivity contribution in [3.8, 4) is 22.8 Å². The molecule has 0 saturated heterocycles. The molecule has 1 aliphatic rings. The minimum atomic E-state index is -1.07. The first kappa shape index (κ1) is 25.3. The van der Waals surface area contributed by atoms with E-state index in [2.05, 4.69) is 5.10 Å². The number of ether oxygens (including phenoxy) is 2. The number of hydrogen-bond donors (Lipinski definition) is 1. The van der Waals surface area contributed by atoms with Crippen molar-refractivity contribution in [2.75, 3.05) is 13.2 Å². The Morgan fingerprint density at radius 3 is 2.76 bits per heavy atom. The second-order valence-electron chi connectivity index (χ2n) is 8.73. The summed E-state index contributed by atoms with van der Waals surface area (Å²) < 4.78 is 27.8. The van der Waals surface area contributed by atoms with E-state index >= 15 is 0 Å². The van der Waals surface area contributed by atoms with E-state index in [1.807, 2.05) is 0 Å². The molecular formula is C28H23ClFN3O5. The molecule has 4 aromatic rings. The molecule has 2 heterocycles. The summed E-state index contributed by atoms with van der Waals surface area (Å²) in [7, 11) is 1.74. The number of carbonyl (C=O) groups is 2. The SMILES string of the molecule is Cn1nc(C(=O)N(CCOc2cccc(C(=O)O)c2)Cc2ccccc2F)c2c1-c1cc(Cl)ccc1OC2. The Bertz CT molecular complexity index is 1540. The van der Waals surface area contributed by atoms with Gasteiger partial charge < -0.3 is 19.5 Å². The van der Waals surface area contributed by atoms with Crippen molar-refractivity contribution < 1.29 is 28.6 Å². The van der Waals surface area contributed by atoms with Crippen LogP contribution in [-0.2, 0) is 20.2 Å². The Balaban J connectivity index is 1.43. The molecule has 3 aromatic carbocycles. The maximum Gasteiger partial charge on any atom is 0.335 e. The van der Waals surface area contributed by atoms with E-state index in [0.29, 0.717) is 27.6 Å². The number of carboxylic acids is 1. The van der Waals surface area contributed by atoms with Crippen LogP contribution in [0.2, 0.25) is 5.02 Å². The number of aromatic nitrogens is 2. The summed E-state index contributed by atoms with van der Waals surface area (Å²) in [6.45, 7) is 0.274. The highest BCUT2D eigenvalue weighted by Crippen LogP contribution is 2.40. The molecule has 10 heteroatoms. The fourth-order valence-electron chi connectivity index (χ4n) is 4.40. The zero-order valence-corrected chi connectivity index (χ0v) is 21.1. The number of nitrogens with zero attached hydrogens (tertiary/aromatic N) is 3. The van der Waals surface area contributed by atoms with Crippen LogP contribution in [0, 0.1) is 5.82 Å². The van der Waals surface area contributed by atoms with Crippen molar-refractivity contribution in [2.24, 2.45) is 7.05 Å². The monoisotopic (exact) mass is 535 g/mol. The van der Waals surface area contributed by atoms with Crippen molar-refractivity contribution >= 4 is 23.5 Å². The van der Waals surface area contributed by atoms with E-state index in [1.54, 1.807) is 60.3 Å². The molecule has 0 atom stereocenters. The van der Waals surface area contributed by atoms with E-state index in [0.717, 1.165) is 11.3 Å². The first-order valence-corrected chi connectivity index (χ1v) is 12.2. The summed E-state index contributed by atoms with van der Waals surface area (Å²) in [6.07, 6.45) is 0. The van der Waals surface area contributed by atoms with E-state index in [4.69, 9.17) is 21.1 Å². The summed E-state index contributed by atoms with van der Waals surface area (Å²) in [5.74, 6) is -0.932. The van der Waals surface area contributed by atoms with Gasteiger partial charge in [-0.25, -0.2) is 9.18 Å². The van der Waals surface area contributed by atoms with Gasteiger partial charge in [-0.1, -0.05) is 35.9 Å². The number of fused-ring (bicyclic) bond motifs is 3. The van der Waals surface area contributed by atoms with Gasteiger partial charge in [-0.2, -0.15) is 5.10 Å².